The third kappa shape index (κ3) is 3.73. The lowest BCUT2D eigenvalue weighted by molar-refractivity contribution is 0.0239. The van der Waals surface area contributed by atoms with Crippen LogP contribution in [0.25, 0.3) is 0 Å². The first-order valence-corrected chi connectivity index (χ1v) is 7.89. The summed E-state index contributed by atoms with van der Waals surface area (Å²) in [5.41, 5.74) is 4.07. The fourth-order valence-electron chi connectivity index (χ4n) is 2.63. The van der Waals surface area contributed by atoms with Crippen molar-refractivity contribution >= 4 is 6.09 Å². The van der Waals surface area contributed by atoms with Crippen LogP contribution in [0.15, 0.2) is 30.5 Å². The van der Waals surface area contributed by atoms with Crippen LogP contribution < -0.4 is 0 Å². The van der Waals surface area contributed by atoms with E-state index in [1.807, 2.05) is 31.6 Å². The quantitative estimate of drug-likeness (QED) is 0.852. The molecule has 0 N–H and O–H groups in total. The third-order valence-corrected chi connectivity index (χ3v) is 3.74. The summed E-state index contributed by atoms with van der Waals surface area (Å²) in [6.07, 6.45) is 1.75. The first-order valence-electron chi connectivity index (χ1n) is 7.89. The SMILES string of the molecule is Cc1ccc(Cn2cc3c(n2)CN(C(=O)OC(C)(C)C)C3)cc1. The standard InChI is InChI=1S/C18H23N3O2/c1-13-5-7-14(8-6-13)9-21-11-15-10-20(12-16(15)19-21)17(22)23-18(2,3)4/h5-8,11H,9-10,12H2,1-4H3. The van der Waals surface area contributed by atoms with Crippen molar-refractivity contribution in [2.24, 2.45) is 0 Å². The van der Waals surface area contributed by atoms with E-state index in [-0.39, 0.29) is 6.09 Å². The van der Waals surface area contributed by atoms with Crippen LogP contribution in [0.1, 0.15) is 43.2 Å². The molecule has 1 aliphatic heterocycles. The van der Waals surface area contributed by atoms with Gasteiger partial charge in [-0.3, -0.25) is 9.58 Å². The molecule has 0 saturated carbocycles. The number of hydrogen-bond acceptors (Lipinski definition) is 3. The lowest BCUT2D eigenvalue weighted by Crippen LogP contribution is -2.33. The molecule has 0 aliphatic carbocycles. The van der Waals surface area contributed by atoms with Crippen LogP contribution in [-0.2, 0) is 24.4 Å². The highest BCUT2D eigenvalue weighted by Crippen LogP contribution is 2.23. The van der Waals surface area contributed by atoms with Crippen LogP contribution in [0.2, 0.25) is 0 Å². The Hall–Kier alpha value is -2.30. The first kappa shape index (κ1) is 15.6. The van der Waals surface area contributed by atoms with E-state index in [1.54, 1.807) is 4.90 Å². The van der Waals surface area contributed by atoms with Gasteiger partial charge >= 0.3 is 6.09 Å². The van der Waals surface area contributed by atoms with Crippen molar-refractivity contribution in [1.82, 2.24) is 14.7 Å². The molecule has 5 nitrogen and oxygen atoms in total. The predicted octanol–water partition coefficient (Wildman–Crippen LogP) is 3.49. The van der Waals surface area contributed by atoms with Gasteiger partial charge in [-0.1, -0.05) is 29.8 Å². The topological polar surface area (TPSA) is 47.4 Å². The lowest BCUT2D eigenvalue weighted by atomic mass is 10.1. The second-order valence-corrected chi connectivity index (χ2v) is 7.12. The number of nitrogens with zero attached hydrogens (tertiary/aromatic N) is 3. The Morgan fingerprint density at radius 1 is 1.22 bits per heavy atom. The molecule has 1 aliphatic rings. The van der Waals surface area contributed by atoms with Gasteiger partial charge in [0.2, 0.25) is 0 Å². The first-order chi connectivity index (χ1) is 10.8. The number of aryl methyl sites for hydroxylation is 1. The lowest BCUT2D eigenvalue weighted by Gasteiger charge is -2.24. The van der Waals surface area contributed by atoms with Crippen molar-refractivity contribution in [3.8, 4) is 0 Å². The largest absolute Gasteiger partial charge is 0.444 e. The summed E-state index contributed by atoms with van der Waals surface area (Å²) in [4.78, 5) is 13.8. The molecule has 0 atom stereocenters. The van der Waals surface area contributed by atoms with Crippen LogP contribution in [0.4, 0.5) is 4.79 Å². The molecule has 0 unspecified atom stereocenters. The Morgan fingerprint density at radius 3 is 2.52 bits per heavy atom. The second kappa shape index (κ2) is 5.72. The summed E-state index contributed by atoms with van der Waals surface area (Å²) < 4.78 is 7.36. The highest BCUT2D eigenvalue weighted by atomic mass is 16.6. The zero-order valence-electron chi connectivity index (χ0n) is 14.2. The number of carbonyl (C=O) groups excluding carboxylic acids is 1. The van der Waals surface area contributed by atoms with E-state index in [4.69, 9.17) is 4.74 Å². The molecule has 0 saturated heterocycles. The normalized spacial score (nSPS) is 14.0. The molecule has 1 aromatic heterocycles. The summed E-state index contributed by atoms with van der Waals surface area (Å²) in [6.45, 7) is 9.55. The number of benzene rings is 1. The van der Waals surface area contributed by atoms with Crippen molar-refractivity contribution in [3.05, 3.63) is 52.8 Å². The number of hydrogen-bond donors (Lipinski definition) is 0. The number of carbonyl (C=O) groups is 1. The molecule has 0 spiro atoms. The molecule has 0 bridgehead atoms. The minimum Gasteiger partial charge on any atom is -0.444 e. The summed E-state index contributed by atoms with van der Waals surface area (Å²) >= 11 is 0. The maximum Gasteiger partial charge on any atom is 0.410 e. The van der Waals surface area contributed by atoms with Crippen LogP contribution in [0.3, 0.4) is 0 Å². The van der Waals surface area contributed by atoms with Crippen LogP contribution in [0.5, 0.6) is 0 Å². The van der Waals surface area contributed by atoms with E-state index in [9.17, 15) is 4.79 Å². The number of amides is 1. The fourth-order valence-corrected chi connectivity index (χ4v) is 2.63. The molecule has 3 rings (SSSR count). The van der Waals surface area contributed by atoms with E-state index in [0.29, 0.717) is 13.1 Å². The molecule has 5 heteroatoms. The zero-order chi connectivity index (χ0) is 16.6. The van der Waals surface area contributed by atoms with Gasteiger partial charge in [0.05, 0.1) is 25.3 Å². The zero-order valence-corrected chi connectivity index (χ0v) is 14.2. The maximum atomic E-state index is 12.1. The van der Waals surface area contributed by atoms with Crippen molar-refractivity contribution in [2.45, 2.75) is 52.9 Å². The van der Waals surface area contributed by atoms with Crippen LogP contribution >= 0.6 is 0 Å². The van der Waals surface area contributed by atoms with Crippen molar-refractivity contribution in [3.63, 3.8) is 0 Å². The van der Waals surface area contributed by atoms with E-state index in [1.165, 1.54) is 11.1 Å². The van der Waals surface area contributed by atoms with Crippen LogP contribution in [0, 0.1) is 6.92 Å². The Labute approximate surface area is 136 Å². The molecule has 1 amide bonds. The Morgan fingerprint density at radius 2 is 1.91 bits per heavy atom. The average molecular weight is 313 g/mol. The van der Waals surface area contributed by atoms with Crippen molar-refractivity contribution in [1.29, 1.82) is 0 Å². The summed E-state index contributed by atoms with van der Waals surface area (Å²) in [5, 5.41) is 4.60. The third-order valence-electron chi connectivity index (χ3n) is 3.74. The van der Waals surface area contributed by atoms with Gasteiger partial charge < -0.3 is 4.74 Å². The van der Waals surface area contributed by atoms with E-state index in [0.717, 1.165) is 17.8 Å². The molecular weight excluding hydrogens is 290 g/mol. The van der Waals surface area contributed by atoms with Gasteiger partial charge in [0, 0.05) is 11.8 Å². The van der Waals surface area contributed by atoms with E-state index in [2.05, 4.69) is 36.3 Å². The minimum atomic E-state index is -0.470. The highest BCUT2D eigenvalue weighted by Gasteiger charge is 2.29. The van der Waals surface area contributed by atoms with Crippen molar-refractivity contribution in [2.75, 3.05) is 0 Å². The fraction of sp³-hybridized carbons (Fsp3) is 0.444. The number of aromatic nitrogens is 2. The summed E-state index contributed by atoms with van der Waals surface area (Å²) in [7, 11) is 0. The van der Waals surface area contributed by atoms with Gasteiger partial charge in [0.1, 0.15) is 5.60 Å². The Balaban J connectivity index is 1.64. The van der Waals surface area contributed by atoms with Crippen LogP contribution in [-0.4, -0.2) is 26.4 Å². The van der Waals surface area contributed by atoms with Gasteiger partial charge in [-0.25, -0.2) is 4.79 Å². The molecule has 2 aromatic rings. The molecular formula is C18H23N3O2. The van der Waals surface area contributed by atoms with E-state index < -0.39 is 5.60 Å². The monoisotopic (exact) mass is 313 g/mol. The van der Waals surface area contributed by atoms with Crippen molar-refractivity contribution < 1.29 is 9.53 Å². The van der Waals surface area contributed by atoms with Gasteiger partial charge in [-0.05, 0) is 33.3 Å². The summed E-state index contributed by atoms with van der Waals surface area (Å²) in [6, 6.07) is 8.46. The number of rotatable bonds is 2. The number of ether oxygens (including phenoxy) is 1. The molecule has 122 valence electrons. The second-order valence-electron chi connectivity index (χ2n) is 7.12. The smallest absolute Gasteiger partial charge is 0.410 e. The highest BCUT2D eigenvalue weighted by molar-refractivity contribution is 5.69. The van der Waals surface area contributed by atoms with Gasteiger partial charge in [0.25, 0.3) is 0 Å². The number of fused-ring (bicyclic) bond motifs is 1. The van der Waals surface area contributed by atoms with Gasteiger partial charge in [-0.15, -0.1) is 0 Å². The Bertz CT molecular complexity index is 687. The van der Waals surface area contributed by atoms with Gasteiger partial charge in [0.15, 0.2) is 0 Å². The molecule has 23 heavy (non-hydrogen) atoms. The molecule has 1 aromatic carbocycles. The molecule has 0 fully saturated rings. The molecule has 0 radical (unpaired) electrons. The predicted molar refractivity (Wildman–Crippen MR) is 88.0 cm³/mol. The van der Waals surface area contributed by atoms with E-state index >= 15 is 0 Å². The maximum absolute atomic E-state index is 12.1. The average Bonchev–Trinajstić information content (AvgIpc) is 2.97. The Kier molecular flexibility index (Phi) is 3.88. The molecule has 2 heterocycles. The van der Waals surface area contributed by atoms with Gasteiger partial charge in [-0.2, -0.15) is 5.10 Å². The summed E-state index contributed by atoms with van der Waals surface area (Å²) in [5.74, 6) is 0. The minimum absolute atomic E-state index is 0.277.